The van der Waals surface area contributed by atoms with Gasteiger partial charge in [-0.1, -0.05) is 119 Å². The normalized spacial score (nSPS) is 13.9. The second kappa shape index (κ2) is 16.8. The number of nitrogens with one attached hydrogen (secondary N) is 2. The largest absolute Gasteiger partial charge is 0.477 e. The van der Waals surface area contributed by atoms with Crippen LogP contribution in [-0.2, 0) is 33.3 Å². The molecule has 300 valence electrons. The number of amides is 3. The van der Waals surface area contributed by atoms with Gasteiger partial charge in [-0.25, -0.2) is 23.2 Å². The van der Waals surface area contributed by atoms with Crippen LogP contribution in [0.1, 0.15) is 100 Å². The fraction of sp³-hybridized carbons (Fsp3) is 0.364. The van der Waals surface area contributed by atoms with Gasteiger partial charge in [0.05, 0.1) is 43.5 Å². The van der Waals surface area contributed by atoms with Gasteiger partial charge in [0.1, 0.15) is 10.4 Å². The van der Waals surface area contributed by atoms with E-state index in [1.54, 1.807) is 9.58 Å². The highest BCUT2D eigenvalue weighted by Crippen LogP contribution is 2.43. The summed E-state index contributed by atoms with van der Waals surface area (Å²) in [6, 6.07) is 30.1. The lowest BCUT2D eigenvalue weighted by Crippen LogP contribution is -2.45. The number of nitrogens with zero attached hydrogens (tertiary/aromatic N) is 5. The summed E-state index contributed by atoms with van der Waals surface area (Å²) in [4.78, 5) is 34.3. The summed E-state index contributed by atoms with van der Waals surface area (Å²) in [5.41, 5.74) is 2.92. The number of aromatic nitrogens is 3. The number of hydrogen-bond acceptors (Lipinski definition) is 8. The minimum Gasteiger partial charge on any atom is -0.477 e. The van der Waals surface area contributed by atoms with Crippen molar-refractivity contribution in [3.05, 3.63) is 137 Å². The summed E-state index contributed by atoms with van der Waals surface area (Å²) in [5.74, 6) is 0.0999. The molecule has 0 radical (unpaired) electrons. The van der Waals surface area contributed by atoms with Gasteiger partial charge in [0.15, 0.2) is 9.92 Å². The van der Waals surface area contributed by atoms with E-state index in [0.29, 0.717) is 36.1 Å². The molecule has 6 rings (SSSR count). The fourth-order valence-corrected chi connectivity index (χ4v) is 8.95. The minimum atomic E-state index is -3.93. The van der Waals surface area contributed by atoms with Crippen LogP contribution in [0.4, 0.5) is 15.3 Å². The number of benzene rings is 3. The zero-order valence-corrected chi connectivity index (χ0v) is 34.8. The summed E-state index contributed by atoms with van der Waals surface area (Å²) in [5, 5.41) is 7.60. The first-order chi connectivity index (χ1) is 27.2. The van der Waals surface area contributed by atoms with Crippen molar-refractivity contribution in [3.8, 4) is 5.88 Å². The smallest absolute Gasteiger partial charge is 0.410 e. The van der Waals surface area contributed by atoms with Crippen molar-refractivity contribution in [2.24, 2.45) is 4.36 Å². The van der Waals surface area contributed by atoms with Crippen LogP contribution < -0.4 is 14.8 Å². The Morgan fingerprint density at radius 1 is 0.912 bits per heavy atom. The third kappa shape index (κ3) is 8.53. The Morgan fingerprint density at radius 3 is 1.96 bits per heavy atom. The summed E-state index contributed by atoms with van der Waals surface area (Å²) >= 11 is 0. The van der Waals surface area contributed by atoms with Crippen molar-refractivity contribution in [2.75, 3.05) is 19.0 Å². The molecule has 2 N–H and O–H groups in total. The maximum Gasteiger partial charge on any atom is 0.410 e. The zero-order chi connectivity index (χ0) is 41.0. The molecule has 0 aliphatic carbocycles. The van der Waals surface area contributed by atoms with Crippen LogP contribution in [0.5, 0.6) is 5.88 Å². The second-order valence-electron chi connectivity index (χ2n) is 15.7. The highest BCUT2D eigenvalue weighted by Gasteiger charge is 2.41. The predicted molar refractivity (Wildman–Crippen MR) is 223 cm³/mol. The monoisotopic (exact) mass is 791 g/mol. The van der Waals surface area contributed by atoms with Gasteiger partial charge in [-0.3, -0.25) is 9.88 Å². The molecule has 0 bridgehead atoms. The fourth-order valence-electron chi connectivity index (χ4n) is 7.10. The maximum absolute atomic E-state index is 16.1. The summed E-state index contributed by atoms with van der Waals surface area (Å²) in [7, 11) is -2.57. The number of carbonyl (C=O) groups excluding carboxylic acids is 2. The van der Waals surface area contributed by atoms with E-state index in [2.05, 4.69) is 15.1 Å². The van der Waals surface area contributed by atoms with E-state index in [9.17, 15) is 9.59 Å². The molecule has 1 aliphatic rings. The quantitative estimate of drug-likeness (QED) is 0.127. The Morgan fingerprint density at radius 2 is 1.47 bits per heavy atom. The summed E-state index contributed by atoms with van der Waals surface area (Å²) in [6.07, 6.45) is 1.75. The van der Waals surface area contributed by atoms with Gasteiger partial charge in [-0.05, 0) is 60.9 Å². The van der Waals surface area contributed by atoms with Crippen molar-refractivity contribution in [1.29, 1.82) is 0 Å². The molecular formula is C44H53N7O5S. The first-order valence-electron chi connectivity index (χ1n) is 19.3. The first-order valence-corrected chi connectivity index (χ1v) is 20.8. The topological polar surface area (TPSA) is 140 Å². The van der Waals surface area contributed by atoms with Crippen LogP contribution in [0.15, 0.2) is 113 Å². The average Bonchev–Trinajstić information content (AvgIpc) is 3.65. The molecule has 1 aliphatic heterocycles. The van der Waals surface area contributed by atoms with Crippen LogP contribution in [0.3, 0.4) is 0 Å². The van der Waals surface area contributed by atoms with Gasteiger partial charge >= 0.3 is 12.1 Å². The van der Waals surface area contributed by atoms with Crippen molar-refractivity contribution in [3.63, 3.8) is 0 Å². The maximum atomic E-state index is 16.1. The Bertz CT molecular complexity index is 2190. The number of rotatable bonds is 11. The van der Waals surface area contributed by atoms with Crippen molar-refractivity contribution in [1.82, 2.24) is 24.4 Å². The SMILES string of the molecule is COC(=O)N(Cc1cc(C(C)C)c(NC(=O)NS(=O)(=NC(c2ccccc2)(c2ccccc2)c2ccccc2)c2cnn3c2OCCC3)c(C(C)C)n1)C(C)(C)C. The van der Waals surface area contributed by atoms with Gasteiger partial charge in [-0.2, -0.15) is 9.46 Å². The molecule has 1 atom stereocenters. The molecule has 1 unspecified atom stereocenters. The second-order valence-corrected chi connectivity index (χ2v) is 17.6. The van der Waals surface area contributed by atoms with E-state index in [-0.39, 0.29) is 23.3 Å². The number of fused-ring (bicyclic) bond motifs is 1. The molecule has 3 heterocycles. The van der Waals surface area contributed by atoms with Crippen LogP contribution in [0.2, 0.25) is 0 Å². The van der Waals surface area contributed by atoms with Gasteiger partial charge in [0, 0.05) is 18.5 Å². The lowest BCUT2D eigenvalue weighted by Gasteiger charge is -2.34. The van der Waals surface area contributed by atoms with Crippen LogP contribution in [-0.4, -0.2) is 55.3 Å². The molecule has 3 amide bonds. The third-order valence-corrected chi connectivity index (χ3v) is 11.8. The van der Waals surface area contributed by atoms with Crippen LogP contribution in [0.25, 0.3) is 0 Å². The lowest BCUT2D eigenvalue weighted by molar-refractivity contribution is 0.0785. The zero-order valence-electron chi connectivity index (χ0n) is 34.0. The Kier molecular flexibility index (Phi) is 12.1. The third-order valence-electron chi connectivity index (χ3n) is 9.95. The van der Waals surface area contributed by atoms with Gasteiger partial charge in [-0.15, -0.1) is 0 Å². The molecule has 12 nitrogen and oxygen atoms in total. The Hall–Kier alpha value is -5.69. The number of carbonyl (C=O) groups is 2. The number of aryl methyl sites for hydroxylation is 1. The molecule has 0 saturated heterocycles. The van der Waals surface area contributed by atoms with E-state index in [0.717, 1.165) is 28.7 Å². The Balaban J connectivity index is 1.54. The van der Waals surface area contributed by atoms with Gasteiger partial charge in [0.25, 0.3) is 0 Å². The van der Waals surface area contributed by atoms with E-state index < -0.39 is 33.1 Å². The molecule has 3 aromatic carbocycles. The molecule has 5 aromatic rings. The molecule has 0 spiro atoms. The van der Waals surface area contributed by atoms with Gasteiger partial charge in [0.2, 0.25) is 5.88 Å². The standard InChI is InChI=1S/C44H53N7O5S/c1-30(2)36-27-35(29-50(42(53)55-8)43(5,6)7)46-38(31(3)4)39(36)47-41(52)48-57(54,37-28-45-51-25-18-26-56-40(37)51)49-44(32-19-12-9-13-20-32,33-21-14-10-15-22-33)34-23-16-11-17-24-34/h9-17,19-24,27-28,30-31H,18,25-26,29H2,1-8H3,(H2,47,48,49,52,54). The van der Waals surface area contributed by atoms with Gasteiger partial charge < -0.3 is 14.8 Å². The summed E-state index contributed by atoms with van der Waals surface area (Å²) in [6.45, 7) is 15.0. The van der Waals surface area contributed by atoms with Crippen molar-refractivity contribution in [2.45, 2.75) is 95.8 Å². The highest BCUT2D eigenvalue weighted by molar-refractivity contribution is 7.92. The van der Waals surface area contributed by atoms with Crippen LogP contribution >= 0.6 is 0 Å². The number of ether oxygens (including phenoxy) is 2. The first kappa shape index (κ1) is 41.0. The van der Waals surface area contributed by atoms with Crippen LogP contribution in [0, 0.1) is 0 Å². The lowest BCUT2D eigenvalue weighted by atomic mass is 9.78. The average molecular weight is 792 g/mol. The van der Waals surface area contributed by atoms with Crippen molar-refractivity contribution >= 4 is 27.7 Å². The number of hydrogen-bond donors (Lipinski definition) is 2. The number of pyridine rings is 1. The molecule has 2 aromatic heterocycles. The Labute approximate surface area is 336 Å². The van der Waals surface area contributed by atoms with E-state index in [1.807, 2.05) is 146 Å². The molecule has 0 saturated carbocycles. The summed E-state index contributed by atoms with van der Waals surface area (Å²) < 4.78 is 37.2. The molecule has 13 heteroatoms. The van der Waals surface area contributed by atoms with Crippen molar-refractivity contribution < 1.29 is 23.3 Å². The number of methoxy groups -OCH3 is 1. The van der Waals surface area contributed by atoms with E-state index >= 15 is 4.21 Å². The molecular weight excluding hydrogens is 739 g/mol. The minimum absolute atomic E-state index is 0.0622. The highest BCUT2D eigenvalue weighted by atomic mass is 32.2. The molecule has 0 fully saturated rings. The predicted octanol–water partition coefficient (Wildman–Crippen LogP) is 9.23. The van der Waals surface area contributed by atoms with E-state index in [1.165, 1.54) is 13.3 Å². The van der Waals surface area contributed by atoms with E-state index in [4.69, 9.17) is 18.8 Å². The number of anilines is 1. The molecule has 57 heavy (non-hydrogen) atoms. The number of urea groups is 1.